The second-order valence-corrected chi connectivity index (χ2v) is 6.10. The van der Waals surface area contributed by atoms with Crippen LogP contribution in [0.15, 0.2) is 24.3 Å². The van der Waals surface area contributed by atoms with Crippen LogP contribution in [0.25, 0.3) is 0 Å². The number of hydrogen-bond donors (Lipinski definition) is 0. The highest BCUT2D eigenvalue weighted by Gasteiger charge is 2.28. The van der Waals surface area contributed by atoms with Crippen LogP contribution in [0.3, 0.4) is 0 Å². The van der Waals surface area contributed by atoms with Crippen molar-refractivity contribution in [3.05, 3.63) is 35.4 Å². The van der Waals surface area contributed by atoms with E-state index in [0.717, 1.165) is 19.5 Å². The summed E-state index contributed by atoms with van der Waals surface area (Å²) < 4.78 is 0. The van der Waals surface area contributed by atoms with Gasteiger partial charge in [-0.2, -0.15) is 0 Å². The van der Waals surface area contributed by atoms with Gasteiger partial charge in [0.05, 0.1) is 0 Å². The number of hydrogen-bond acceptors (Lipinski definition) is 1. The molecule has 2 atom stereocenters. The van der Waals surface area contributed by atoms with Gasteiger partial charge in [0.25, 0.3) is 0 Å². The van der Waals surface area contributed by atoms with Crippen LogP contribution in [-0.2, 0) is 4.79 Å². The van der Waals surface area contributed by atoms with E-state index in [4.69, 9.17) is 0 Å². The van der Waals surface area contributed by atoms with Gasteiger partial charge >= 0.3 is 0 Å². The zero-order valence-corrected chi connectivity index (χ0v) is 13.1. The van der Waals surface area contributed by atoms with Crippen molar-refractivity contribution in [1.29, 1.82) is 0 Å². The number of nitrogens with zero attached hydrogens (tertiary/aromatic N) is 1. The molecule has 2 nitrogen and oxygen atoms in total. The van der Waals surface area contributed by atoms with Crippen molar-refractivity contribution in [3.8, 4) is 0 Å². The Hall–Kier alpha value is -1.31. The Morgan fingerprint density at radius 1 is 1.25 bits per heavy atom. The maximum absolute atomic E-state index is 12.7. The first-order chi connectivity index (χ1) is 9.63. The predicted octanol–water partition coefficient (Wildman–Crippen LogP) is 4.14. The van der Waals surface area contributed by atoms with Crippen molar-refractivity contribution < 1.29 is 4.79 Å². The Labute approximate surface area is 123 Å². The fourth-order valence-corrected chi connectivity index (χ4v) is 3.35. The van der Waals surface area contributed by atoms with Gasteiger partial charge in [-0.1, -0.05) is 43.7 Å². The number of piperidine rings is 1. The van der Waals surface area contributed by atoms with Gasteiger partial charge in [-0.05, 0) is 44.1 Å². The van der Waals surface area contributed by atoms with E-state index in [0.29, 0.717) is 11.8 Å². The van der Waals surface area contributed by atoms with Crippen LogP contribution in [0.2, 0.25) is 0 Å². The van der Waals surface area contributed by atoms with Crippen molar-refractivity contribution >= 4 is 5.91 Å². The Balaban J connectivity index is 2.11. The summed E-state index contributed by atoms with van der Waals surface area (Å²) in [6.07, 6.45) is 4.62. The summed E-state index contributed by atoms with van der Waals surface area (Å²) in [7, 11) is 0. The van der Waals surface area contributed by atoms with E-state index in [1.54, 1.807) is 0 Å². The molecule has 2 unspecified atom stereocenters. The zero-order valence-electron chi connectivity index (χ0n) is 13.1. The molecule has 1 heterocycles. The highest BCUT2D eigenvalue weighted by atomic mass is 16.2. The molecule has 0 radical (unpaired) electrons. The quantitative estimate of drug-likeness (QED) is 0.807. The molecular formula is C18H27NO. The van der Waals surface area contributed by atoms with E-state index in [-0.39, 0.29) is 5.92 Å². The van der Waals surface area contributed by atoms with E-state index in [9.17, 15) is 4.79 Å². The van der Waals surface area contributed by atoms with Crippen molar-refractivity contribution in [2.45, 2.75) is 52.4 Å². The minimum atomic E-state index is 0.0832. The molecular weight excluding hydrogens is 246 g/mol. The summed E-state index contributed by atoms with van der Waals surface area (Å²) in [6.45, 7) is 8.31. The summed E-state index contributed by atoms with van der Waals surface area (Å²) in [5, 5.41) is 0. The predicted molar refractivity (Wildman–Crippen MR) is 83.8 cm³/mol. The topological polar surface area (TPSA) is 20.3 Å². The maximum Gasteiger partial charge on any atom is 0.226 e. The largest absolute Gasteiger partial charge is 0.342 e. The van der Waals surface area contributed by atoms with Crippen molar-refractivity contribution in [1.82, 2.24) is 4.90 Å². The van der Waals surface area contributed by atoms with Crippen LogP contribution in [-0.4, -0.2) is 23.9 Å². The standard InChI is InChI=1S/C18H27NO/c1-4-17(16-10-8-9-14(2)13-16)15(3)18(20)19-11-6-5-7-12-19/h8-10,13,15,17H,4-7,11-12H2,1-3H3. The third-order valence-corrected chi connectivity index (χ3v) is 4.57. The normalized spacial score (nSPS) is 18.6. The molecule has 0 spiro atoms. The van der Waals surface area contributed by atoms with Gasteiger partial charge in [0.15, 0.2) is 0 Å². The summed E-state index contributed by atoms with van der Waals surface area (Å²) in [6, 6.07) is 8.62. The van der Waals surface area contributed by atoms with Crippen LogP contribution in [0, 0.1) is 12.8 Å². The Bertz CT molecular complexity index is 448. The van der Waals surface area contributed by atoms with Gasteiger partial charge in [0.2, 0.25) is 5.91 Å². The number of carbonyl (C=O) groups is 1. The lowest BCUT2D eigenvalue weighted by Gasteiger charge is -2.32. The minimum Gasteiger partial charge on any atom is -0.342 e. The smallest absolute Gasteiger partial charge is 0.226 e. The second-order valence-electron chi connectivity index (χ2n) is 6.10. The lowest BCUT2D eigenvalue weighted by molar-refractivity contribution is -0.136. The van der Waals surface area contributed by atoms with Crippen molar-refractivity contribution in [2.24, 2.45) is 5.92 Å². The van der Waals surface area contributed by atoms with E-state index in [2.05, 4.69) is 49.9 Å². The molecule has 20 heavy (non-hydrogen) atoms. The minimum absolute atomic E-state index is 0.0832. The van der Waals surface area contributed by atoms with E-state index >= 15 is 0 Å². The van der Waals surface area contributed by atoms with Crippen LogP contribution in [0.1, 0.15) is 56.6 Å². The molecule has 2 rings (SSSR count). The molecule has 1 aliphatic rings. The Kier molecular flexibility index (Phi) is 5.22. The molecule has 1 aliphatic heterocycles. The number of carbonyl (C=O) groups excluding carboxylic acids is 1. The molecule has 0 bridgehead atoms. The number of benzene rings is 1. The van der Waals surface area contributed by atoms with Crippen LogP contribution >= 0.6 is 0 Å². The Morgan fingerprint density at radius 3 is 2.55 bits per heavy atom. The highest BCUT2D eigenvalue weighted by molar-refractivity contribution is 5.79. The number of likely N-dealkylation sites (tertiary alicyclic amines) is 1. The van der Waals surface area contributed by atoms with Gasteiger partial charge in [-0.15, -0.1) is 0 Å². The molecule has 2 heteroatoms. The zero-order chi connectivity index (χ0) is 14.5. The molecule has 110 valence electrons. The van der Waals surface area contributed by atoms with Gasteiger partial charge in [-0.25, -0.2) is 0 Å². The fourth-order valence-electron chi connectivity index (χ4n) is 3.35. The number of aryl methyl sites for hydroxylation is 1. The monoisotopic (exact) mass is 273 g/mol. The molecule has 1 amide bonds. The van der Waals surface area contributed by atoms with Gasteiger partial charge in [-0.3, -0.25) is 4.79 Å². The fraction of sp³-hybridized carbons (Fsp3) is 0.611. The molecule has 0 aliphatic carbocycles. The summed E-state index contributed by atoms with van der Waals surface area (Å²) in [4.78, 5) is 14.8. The van der Waals surface area contributed by atoms with E-state index < -0.39 is 0 Å². The molecule has 0 saturated carbocycles. The maximum atomic E-state index is 12.7. The number of rotatable bonds is 4. The third-order valence-electron chi connectivity index (χ3n) is 4.57. The van der Waals surface area contributed by atoms with E-state index in [1.807, 2.05) is 0 Å². The van der Waals surface area contributed by atoms with Gasteiger partial charge in [0, 0.05) is 19.0 Å². The second kappa shape index (κ2) is 6.92. The molecule has 0 aromatic heterocycles. The number of amides is 1. The van der Waals surface area contributed by atoms with Crippen molar-refractivity contribution in [2.75, 3.05) is 13.1 Å². The molecule has 1 fully saturated rings. The highest BCUT2D eigenvalue weighted by Crippen LogP contribution is 2.30. The average molecular weight is 273 g/mol. The molecule has 0 N–H and O–H groups in total. The lowest BCUT2D eigenvalue weighted by atomic mass is 9.83. The summed E-state index contributed by atoms with van der Waals surface area (Å²) >= 11 is 0. The third kappa shape index (κ3) is 3.41. The van der Waals surface area contributed by atoms with Crippen LogP contribution in [0.4, 0.5) is 0 Å². The summed E-state index contributed by atoms with van der Waals surface area (Å²) in [5.41, 5.74) is 2.59. The first kappa shape index (κ1) is 15.1. The summed E-state index contributed by atoms with van der Waals surface area (Å²) in [5.74, 6) is 0.766. The molecule has 1 saturated heterocycles. The lowest BCUT2D eigenvalue weighted by Crippen LogP contribution is -2.40. The van der Waals surface area contributed by atoms with Gasteiger partial charge < -0.3 is 4.90 Å². The SMILES string of the molecule is CCC(c1cccc(C)c1)C(C)C(=O)N1CCCCC1. The van der Waals surface area contributed by atoms with Crippen LogP contribution in [0.5, 0.6) is 0 Å². The van der Waals surface area contributed by atoms with Gasteiger partial charge in [0.1, 0.15) is 0 Å². The molecule has 1 aromatic carbocycles. The average Bonchev–Trinajstić information content (AvgIpc) is 2.48. The molecule has 1 aromatic rings. The Morgan fingerprint density at radius 2 is 1.95 bits per heavy atom. The first-order valence-electron chi connectivity index (χ1n) is 7.98. The van der Waals surface area contributed by atoms with E-state index in [1.165, 1.54) is 30.4 Å². The first-order valence-corrected chi connectivity index (χ1v) is 7.98. The van der Waals surface area contributed by atoms with Crippen molar-refractivity contribution in [3.63, 3.8) is 0 Å². The van der Waals surface area contributed by atoms with Crippen LogP contribution < -0.4 is 0 Å².